The van der Waals surface area contributed by atoms with Gasteiger partial charge in [0.25, 0.3) is 0 Å². The summed E-state index contributed by atoms with van der Waals surface area (Å²) in [5.41, 5.74) is -0.0688. The smallest absolute Gasteiger partial charge is 0.329 e. The van der Waals surface area contributed by atoms with E-state index in [1.54, 1.807) is 31.2 Å². The quantitative estimate of drug-likeness (QED) is 0.365. The Hall–Kier alpha value is -2.99. The lowest BCUT2D eigenvalue weighted by Gasteiger charge is -2.12. The van der Waals surface area contributed by atoms with Gasteiger partial charge in [-0.15, -0.1) is 11.6 Å². The summed E-state index contributed by atoms with van der Waals surface area (Å²) in [5.74, 6) is 0.885. The number of carbonyl (C=O) groups excluding carboxylic acids is 1. The van der Waals surface area contributed by atoms with E-state index >= 15 is 0 Å². The van der Waals surface area contributed by atoms with Crippen molar-refractivity contribution in [1.29, 1.82) is 0 Å². The molecule has 0 N–H and O–H groups in total. The number of benzene rings is 2. The van der Waals surface area contributed by atoms with Crippen LogP contribution in [0.5, 0.6) is 23.0 Å². The van der Waals surface area contributed by atoms with E-state index in [0.29, 0.717) is 16.9 Å². The summed E-state index contributed by atoms with van der Waals surface area (Å²) >= 11 is 5.69. The van der Waals surface area contributed by atoms with E-state index in [-0.39, 0.29) is 28.3 Å². The lowest BCUT2D eigenvalue weighted by atomic mass is 10.2. The van der Waals surface area contributed by atoms with Crippen LogP contribution in [0.25, 0.3) is 11.0 Å². The van der Waals surface area contributed by atoms with E-state index in [1.165, 1.54) is 32.2 Å². The second-order valence-corrected chi connectivity index (χ2v) is 6.42. The van der Waals surface area contributed by atoms with Crippen LogP contribution in [0.3, 0.4) is 0 Å². The summed E-state index contributed by atoms with van der Waals surface area (Å²) in [6.07, 6.45) is 0. The Labute approximate surface area is 160 Å². The van der Waals surface area contributed by atoms with Crippen molar-refractivity contribution in [3.63, 3.8) is 0 Å². The summed E-state index contributed by atoms with van der Waals surface area (Å²) in [5, 5.41) is -0.490. The van der Waals surface area contributed by atoms with E-state index < -0.39 is 11.3 Å². The number of para-hydroxylation sites is 2. The van der Waals surface area contributed by atoms with Crippen molar-refractivity contribution in [2.75, 3.05) is 7.11 Å². The molecule has 0 bridgehead atoms. The molecule has 0 radical (unpaired) electrons. The maximum absolute atomic E-state index is 12.8. The molecule has 1 atom stereocenters. The van der Waals surface area contributed by atoms with Crippen LogP contribution in [0.1, 0.15) is 12.7 Å². The maximum atomic E-state index is 12.8. The normalized spacial score (nSPS) is 11.9. The number of halogens is 1. The molecule has 27 heavy (non-hydrogen) atoms. The minimum Gasteiger partial charge on any atom is -0.493 e. The highest BCUT2D eigenvalue weighted by atomic mass is 35.5. The van der Waals surface area contributed by atoms with Crippen LogP contribution in [0, 0.1) is 6.92 Å². The molecule has 0 fully saturated rings. The van der Waals surface area contributed by atoms with Gasteiger partial charge in [0.1, 0.15) is 22.5 Å². The minimum absolute atomic E-state index is 0.0612. The summed E-state index contributed by atoms with van der Waals surface area (Å²) in [6, 6.07) is 11.5. The van der Waals surface area contributed by atoms with Gasteiger partial charge in [0.05, 0.1) is 12.5 Å². The highest BCUT2D eigenvalue weighted by molar-refractivity contribution is 6.29. The number of fused-ring (bicyclic) bond motifs is 1. The Balaban J connectivity index is 2.01. The number of esters is 1. The first-order valence-electron chi connectivity index (χ1n) is 8.14. The lowest BCUT2D eigenvalue weighted by Crippen LogP contribution is -2.17. The topological polar surface area (TPSA) is 75.0 Å². The number of methoxy groups -OCH3 is 1. The minimum atomic E-state index is -0.786. The van der Waals surface area contributed by atoms with Crippen LogP contribution in [0.4, 0.5) is 0 Å². The highest BCUT2D eigenvalue weighted by Crippen LogP contribution is 2.32. The maximum Gasteiger partial charge on any atom is 0.329 e. The van der Waals surface area contributed by atoms with Crippen LogP contribution in [-0.4, -0.2) is 18.5 Å². The number of hydrogen-bond donors (Lipinski definition) is 0. The third kappa shape index (κ3) is 3.90. The van der Waals surface area contributed by atoms with Gasteiger partial charge in [-0.1, -0.05) is 12.1 Å². The van der Waals surface area contributed by atoms with Gasteiger partial charge in [-0.05, 0) is 38.1 Å². The number of carbonyl (C=O) groups is 1. The van der Waals surface area contributed by atoms with Gasteiger partial charge in [0, 0.05) is 6.07 Å². The van der Waals surface area contributed by atoms with Gasteiger partial charge in [-0.25, -0.2) is 0 Å². The zero-order valence-corrected chi connectivity index (χ0v) is 15.7. The Morgan fingerprint density at radius 2 is 1.85 bits per heavy atom. The Morgan fingerprint density at radius 3 is 2.52 bits per heavy atom. The van der Waals surface area contributed by atoms with Gasteiger partial charge in [-0.3, -0.25) is 9.59 Å². The zero-order valence-electron chi connectivity index (χ0n) is 14.9. The van der Waals surface area contributed by atoms with E-state index in [2.05, 4.69) is 0 Å². The van der Waals surface area contributed by atoms with Gasteiger partial charge >= 0.3 is 5.97 Å². The average Bonchev–Trinajstić information content (AvgIpc) is 2.65. The molecular weight excluding hydrogens is 372 g/mol. The molecule has 0 aliphatic carbocycles. The highest BCUT2D eigenvalue weighted by Gasteiger charge is 2.17. The van der Waals surface area contributed by atoms with E-state index in [0.717, 1.165) is 0 Å². The summed E-state index contributed by atoms with van der Waals surface area (Å²) in [6.45, 7) is 3.13. The second-order valence-electron chi connectivity index (χ2n) is 5.76. The van der Waals surface area contributed by atoms with Crippen LogP contribution < -0.4 is 19.6 Å². The molecule has 0 spiro atoms. The third-order valence-electron chi connectivity index (χ3n) is 3.81. The van der Waals surface area contributed by atoms with Crippen LogP contribution >= 0.6 is 11.6 Å². The second kappa shape index (κ2) is 7.72. The van der Waals surface area contributed by atoms with Crippen molar-refractivity contribution >= 4 is 28.5 Å². The molecule has 0 aliphatic rings. The van der Waals surface area contributed by atoms with E-state index in [4.69, 9.17) is 30.2 Å². The fraction of sp³-hybridized carbons (Fsp3) is 0.200. The van der Waals surface area contributed by atoms with Crippen LogP contribution in [0.2, 0.25) is 0 Å². The van der Waals surface area contributed by atoms with Gasteiger partial charge in [0.2, 0.25) is 11.2 Å². The molecular formula is C20H17ClO6. The molecule has 1 heterocycles. The van der Waals surface area contributed by atoms with Crippen molar-refractivity contribution in [1.82, 2.24) is 0 Å². The van der Waals surface area contributed by atoms with E-state index in [9.17, 15) is 9.59 Å². The molecule has 0 amide bonds. The molecule has 6 nitrogen and oxygen atoms in total. The zero-order chi connectivity index (χ0) is 19.6. The summed E-state index contributed by atoms with van der Waals surface area (Å²) in [4.78, 5) is 24.5. The first-order valence-corrected chi connectivity index (χ1v) is 8.58. The molecule has 1 unspecified atom stereocenters. The molecule has 0 saturated heterocycles. The summed E-state index contributed by atoms with van der Waals surface area (Å²) < 4.78 is 21.9. The van der Waals surface area contributed by atoms with Crippen molar-refractivity contribution in [2.24, 2.45) is 0 Å². The monoisotopic (exact) mass is 388 g/mol. The molecule has 0 aliphatic heterocycles. The first kappa shape index (κ1) is 18.8. The number of alkyl halides is 1. The number of hydrogen-bond acceptors (Lipinski definition) is 6. The average molecular weight is 389 g/mol. The molecule has 0 saturated carbocycles. The van der Waals surface area contributed by atoms with Gasteiger partial charge in [0.15, 0.2) is 11.5 Å². The Morgan fingerprint density at radius 1 is 1.15 bits per heavy atom. The van der Waals surface area contributed by atoms with Crippen LogP contribution in [0.15, 0.2) is 51.7 Å². The molecule has 3 aromatic rings. The largest absolute Gasteiger partial charge is 0.493 e. The van der Waals surface area contributed by atoms with Crippen molar-refractivity contribution in [2.45, 2.75) is 19.2 Å². The Bertz CT molecular complexity index is 1050. The number of rotatable bonds is 5. The molecule has 3 rings (SSSR count). The fourth-order valence-electron chi connectivity index (χ4n) is 2.46. The molecule has 140 valence electrons. The standard InChI is InChI=1S/C20H17ClO6/c1-11(21)20(23)26-13-8-9-14-17(10-13)25-12(2)19(18(14)22)27-16-7-5-4-6-15(16)24-3/h4-11H,1-3H3. The predicted molar refractivity (Wildman–Crippen MR) is 101 cm³/mol. The first-order chi connectivity index (χ1) is 12.9. The molecule has 1 aromatic heterocycles. The van der Waals surface area contributed by atoms with Crippen molar-refractivity contribution in [3.8, 4) is 23.0 Å². The van der Waals surface area contributed by atoms with Crippen LogP contribution in [-0.2, 0) is 4.79 Å². The van der Waals surface area contributed by atoms with Gasteiger partial charge in [-0.2, -0.15) is 0 Å². The predicted octanol–water partition coefficient (Wildman–Crippen LogP) is 4.44. The fourth-order valence-corrected chi connectivity index (χ4v) is 2.50. The SMILES string of the molecule is COc1ccccc1Oc1c(C)oc2cc(OC(=O)C(C)Cl)ccc2c1=O. The third-order valence-corrected chi connectivity index (χ3v) is 3.99. The molecule has 2 aromatic carbocycles. The lowest BCUT2D eigenvalue weighted by molar-refractivity contribution is -0.133. The van der Waals surface area contributed by atoms with Crippen molar-refractivity contribution < 1.29 is 23.4 Å². The van der Waals surface area contributed by atoms with Gasteiger partial charge < -0.3 is 18.6 Å². The number of aryl methyl sites for hydroxylation is 1. The van der Waals surface area contributed by atoms with E-state index in [1.807, 2.05) is 0 Å². The Kier molecular flexibility index (Phi) is 5.37. The van der Waals surface area contributed by atoms with Crippen molar-refractivity contribution in [3.05, 3.63) is 58.4 Å². The number of ether oxygens (including phenoxy) is 3. The summed E-state index contributed by atoms with van der Waals surface area (Å²) in [7, 11) is 1.52. The molecule has 7 heteroatoms.